The number of fused-ring (bicyclic) bond motifs is 2. The van der Waals surface area contributed by atoms with Crippen LogP contribution < -0.4 is 10.1 Å². The molecule has 1 aliphatic rings. The molecule has 0 saturated carbocycles. The molecule has 1 aromatic heterocycles. The molecular weight excluding hydrogens is 376 g/mol. The second-order valence-electron chi connectivity index (χ2n) is 6.90. The highest BCUT2D eigenvalue weighted by atomic mass is 35.5. The maximum atomic E-state index is 13.0. The van der Waals surface area contributed by atoms with Crippen LogP contribution >= 0.6 is 11.6 Å². The van der Waals surface area contributed by atoms with E-state index in [1.54, 1.807) is 7.11 Å². The Balaban J connectivity index is 1.60. The highest BCUT2D eigenvalue weighted by molar-refractivity contribution is 6.36. The van der Waals surface area contributed by atoms with Crippen molar-refractivity contribution >= 4 is 28.4 Å². The zero-order valence-electron chi connectivity index (χ0n) is 15.8. The molecule has 2 aromatic carbocycles. The van der Waals surface area contributed by atoms with E-state index in [9.17, 15) is 4.79 Å². The van der Waals surface area contributed by atoms with Crippen molar-refractivity contribution in [3.63, 3.8) is 0 Å². The van der Waals surface area contributed by atoms with Gasteiger partial charge in [0.1, 0.15) is 5.75 Å². The van der Waals surface area contributed by atoms with Crippen molar-refractivity contribution in [3.05, 3.63) is 64.3 Å². The van der Waals surface area contributed by atoms with Gasteiger partial charge in [0.15, 0.2) is 0 Å². The van der Waals surface area contributed by atoms with Crippen LogP contribution in [0.1, 0.15) is 27.9 Å². The number of carbonyl (C=O) groups is 1. The summed E-state index contributed by atoms with van der Waals surface area (Å²) >= 11 is 6.42. The molecule has 1 amide bonds. The summed E-state index contributed by atoms with van der Waals surface area (Å²) in [6.45, 7) is 2.35. The quantitative estimate of drug-likeness (QED) is 0.677. The summed E-state index contributed by atoms with van der Waals surface area (Å²) in [5, 5.41) is 4.37. The van der Waals surface area contributed by atoms with Crippen LogP contribution in [-0.2, 0) is 24.2 Å². The Kier molecular flexibility index (Phi) is 5.55. The molecule has 28 heavy (non-hydrogen) atoms. The van der Waals surface area contributed by atoms with Crippen LogP contribution in [0.3, 0.4) is 0 Å². The average molecular weight is 399 g/mol. The highest BCUT2D eigenvalue weighted by Crippen LogP contribution is 2.30. The van der Waals surface area contributed by atoms with Crippen molar-refractivity contribution in [3.8, 4) is 5.75 Å². The lowest BCUT2D eigenvalue weighted by molar-refractivity contribution is 0.0951. The molecule has 2 heterocycles. The van der Waals surface area contributed by atoms with Crippen molar-refractivity contribution in [2.75, 3.05) is 20.3 Å². The van der Waals surface area contributed by atoms with Gasteiger partial charge in [0.05, 0.1) is 29.3 Å². The van der Waals surface area contributed by atoms with Gasteiger partial charge >= 0.3 is 0 Å². The number of carbonyl (C=O) groups excluding carboxylic acids is 1. The van der Waals surface area contributed by atoms with Crippen molar-refractivity contribution in [2.45, 2.75) is 25.9 Å². The molecule has 6 heteroatoms. The molecule has 0 radical (unpaired) electrons. The minimum Gasteiger partial charge on any atom is -0.493 e. The highest BCUT2D eigenvalue weighted by Gasteiger charge is 2.19. The van der Waals surface area contributed by atoms with E-state index < -0.39 is 0 Å². The molecule has 0 saturated heterocycles. The number of hydrogen-bond donors (Lipinski definition) is 1. The lowest BCUT2D eigenvalue weighted by atomic mass is 10.0. The fourth-order valence-electron chi connectivity index (χ4n) is 3.72. The van der Waals surface area contributed by atoms with E-state index in [0.717, 1.165) is 41.7 Å². The van der Waals surface area contributed by atoms with Gasteiger partial charge in [-0.05, 0) is 30.5 Å². The molecule has 0 spiro atoms. The van der Waals surface area contributed by atoms with Crippen LogP contribution in [0.5, 0.6) is 5.75 Å². The number of aryl methyl sites for hydroxylation is 1. The monoisotopic (exact) mass is 398 g/mol. The second-order valence-corrected chi connectivity index (χ2v) is 7.31. The molecule has 0 bridgehead atoms. The van der Waals surface area contributed by atoms with E-state index in [2.05, 4.69) is 11.4 Å². The van der Waals surface area contributed by atoms with Crippen LogP contribution in [0.15, 0.2) is 42.6 Å². The minimum absolute atomic E-state index is 0.150. The molecule has 0 unspecified atom stereocenters. The Morgan fingerprint density at radius 3 is 3.00 bits per heavy atom. The number of nitrogens with one attached hydrogen (secondary N) is 1. The van der Waals surface area contributed by atoms with Gasteiger partial charge in [0.2, 0.25) is 0 Å². The van der Waals surface area contributed by atoms with E-state index in [4.69, 9.17) is 21.1 Å². The Labute approximate surface area is 169 Å². The van der Waals surface area contributed by atoms with Gasteiger partial charge in [-0.25, -0.2) is 0 Å². The van der Waals surface area contributed by atoms with E-state index in [-0.39, 0.29) is 5.91 Å². The molecule has 5 nitrogen and oxygen atoms in total. The van der Waals surface area contributed by atoms with Gasteiger partial charge in [-0.3, -0.25) is 4.79 Å². The number of hydrogen-bond acceptors (Lipinski definition) is 3. The molecule has 146 valence electrons. The van der Waals surface area contributed by atoms with Gasteiger partial charge in [0, 0.05) is 37.3 Å². The minimum atomic E-state index is -0.150. The molecule has 0 aliphatic carbocycles. The number of ether oxygens (including phenoxy) is 2. The molecular formula is C22H23ClN2O3. The summed E-state index contributed by atoms with van der Waals surface area (Å²) < 4.78 is 13.0. The Morgan fingerprint density at radius 2 is 2.14 bits per heavy atom. The van der Waals surface area contributed by atoms with Crippen molar-refractivity contribution < 1.29 is 14.3 Å². The van der Waals surface area contributed by atoms with Crippen molar-refractivity contribution in [1.29, 1.82) is 0 Å². The normalized spacial score (nSPS) is 13.2. The largest absolute Gasteiger partial charge is 0.493 e. The number of aromatic nitrogens is 1. The van der Waals surface area contributed by atoms with E-state index >= 15 is 0 Å². The van der Waals surface area contributed by atoms with E-state index in [1.807, 2.05) is 41.1 Å². The Bertz CT molecular complexity index is 1010. The first kappa shape index (κ1) is 18.8. The summed E-state index contributed by atoms with van der Waals surface area (Å²) in [5.41, 5.74) is 3.70. The zero-order valence-corrected chi connectivity index (χ0v) is 16.6. The van der Waals surface area contributed by atoms with Gasteiger partial charge in [-0.15, -0.1) is 0 Å². The lowest BCUT2D eigenvalue weighted by Crippen LogP contribution is -2.23. The van der Waals surface area contributed by atoms with Crippen LogP contribution in [0.25, 0.3) is 10.9 Å². The van der Waals surface area contributed by atoms with E-state index in [1.165, 1.54) is 5.56 Å². The molecule has 3 aromatic rings. The maximum Gasteiger partial charge on any atom is 0.253 e. The third kappa shape index (κ3) is 3.60. The van der Waals surface area contributed by atoms with Crippen LogP contribution in [-0.4, -0.2) is 30.8 Å². The van der Waals surface area contributed by atoms with Crippen molar-refractivity contribution in [2.24, 2.45) is 0 Å². The smallest absolute Gasteiger partial charge is 0.253 e. The summed E-state index contributed by atoms with van der Waals surface area (Å²) in [6.07, 6.45) is 3.89. The van der Waals surface area contributed by atoms with Crippen molar-refractivity contribution in [1.82, 2.24) is 9.88 Å². The molecule has 1 aliphatic heterocycles. The lowest BCUT2D eigenvalue weighted by Gasteiger charge is -2.20. The molecule has 1 N–H and O–H groups in total. The zero-order chi connectivity index (χ0) is 19.5. The first-order valence-electron chi connectivity index (χ1n) is 9.47. The number of rotatable bonds is 6. The predicted molar refractivity (Wildman–Crippen MR) is 110 cm³/mol. The van der Waals surface area contributed by atoms with Gasteiger partial charge in [-0.2, -0.15) is 0 Å². The third-order valence-electron chi connectivity index (χ3n) is 5.09. The van der Waals surface area contributed by atoms with Crippen LogP contribution in [0, 0.1) is 0 Å². The topological polar surface area (TPSA) is 52.5 Å². The third-order valence-corrected chi connectivity index (χ3v) is 5.41. The second kappa shape index (κ2) is 8.25. The molecule has 0 atom stereocenters. The predicted octanol–water partition coefficient (Wildman–Crippen LogP) is 4.20. The number of para-hydroxylation sites is 1. The summed E-state index contributed by atoms with van der Waals surface area (Å²) in [7, 11) is 1.66. The molecule has 4 rings (SSSR count). The first-order valence-corrected chi connectivity index (χ1v) is 9.85. The fourth-order valence-corrected chi connectivity index (χ4v) is 3.99. The Hall–Kier alpha value is -2.50. The van der Waals surface area contributed by atoms with Gasteiger partial charge < -0.3 is 19.4 Å². The average Bonchev–Trinajstić information content (AvgIpc) is 3.10. The standard InChI is InChI=1S/C22H23ClN2O3/c1-27-12-10-25-14-17(20-18(23)8-3-9-19(20)25)22(26)24-13-16-6-2-5-15-7-4-11-28-21(15)16/h2-3,5-6,8-9,14H,4,7,10-13H2,1H3,(H,24,26). The number of halogens is 1. The van der Waals surface area contributed by atoms with E-state index in [0.29, 0.717) is 30.3 Å². The number of amides is 1. The van der Waals surface area contributed by atoms with Crippen LogP contribution in [0.4, 0.5) is 0 Å². The maximum absolute atomic E-state index is 13.0. The fraction of sp³-hybridized carbons (Fsp3) is 0.318. The van der Waals surface area contributed by atoms with Gasteiger partial charge in [0.25, 0.3) is 5.91 Å². The summed E-state index contributed by atoms with van der Waals surface area (Å²) in [6, 6.07) is 11.8. The SMILES string of the molecule is COCCn1cc(C(=O)NCc2cccc3c2OCCC3)c2c(Cl)cccc21. The number of methoxy groups -OCH3 is 1. The summed E-state index contributed by atoms with van der Waals surface area (Å²) in [5.74, 6) is 0.761. The van der Waals surface area contributed by atoms with Crippen LogP contribution in [0.2, 0.25) is 5.02 Å². The summed E-state index contributed by atoms with van der Waals surface area (Å²) in [4.78, 5) is 13.0. The number of nitrogens with zero attached hydrogens (tertiary/aromatic N) is 1. The Morgan fingerprint density at radius 1 is 1.29 bits per heavy atom. The first-order chi connectivity index (χ1) is 13.7. The van der Waals surface area contributed by atoms with Gasteiger partial charge in [-0.1, -0.05) is 35.9 Å². The molecule has 0 fully saturated rings. The number of benzene rings is 2.